The van der Waals surface area contributed by atoms with Gasteiger partial charge in [0, 0.05) is 13.1 Å². The minimum atomic E-state index is -1.02. The van der Waals surface area contributed by atoms with Crippen LogP contribution in [0.4, 0.5) is 4.79 Å². The molecule has 3 atom stereocenters. The monoisotopic (exact) mass is 403 g/mol. The predicted octanol–water partition coefficient (Wildman–Crippen LogP) is 1.57. The summed E-state index contributed by atoms with van der Waals surface area (Å²) in [5.74, 6) is 0.162. The van der Waals surface area contributed by atoms with E-state index in [-0.39, 0.29) is 30.6 Å². The van der Waals surface area contributed by atoms with Crippen molar-refractivity contribution >= 4 is 17.8 Å². The van der Waals surface area contributed by atoms with Gasteiger partial charge in [0.25, 0.3) is 5.91 Å². The zero-order valence-corrected chi connectivity index (χ0v) is 17.4. The summed E-state index contributed by atoms with van der Waals surface area (Å²) < 4.78 is 10.8. The van der Waals surface area contributed by atoms with E-state index in [9.17, 15) is 14.4 Å². The fourth-order valence-electron chi connectivity index (χ4n) is 3.86. The molecule has 2 aliphatic heterocycles. The number of imide groups is 1. The van der Waals surface area contributed by atoms with Crippen molar-refractivity contribution in [2.75, 3.05) is 26.7 Å². The Bertz CT molecular complexity index is 771. The maximum absolute atomic E-state index is 12.9. The summed E-state index contributed by atoms with van der Waals surface area (Å²) in [6, 6.07) is 7.08. The van der Waals surface area contributed by atoms with Gasteiger partial charge >= 0.3 is 6.03 Å². The lowest BCUT2D eigenvalue weighted by atomic mass is 9.93. The fourth-order valence-corrected chi connectivity index (χ4v) is 3.86. The standard InChI is InChI=1S/C21H29N3O5/c1-14-11-23(12-15(2)29-14)18(25)13-24-19(26)21(3,22-20(24)27)10-9-16-5-7-17(28-4)8-6-16/h5-8,14-15H,9-13H2,1-4H3,(H,22,27)/t14-,15+,21-/m1/s1. The molecule has 1 N–H and O–H groups in total. The van der Waals surface area contributed by atoms with E-state index >= 15 is 0 Å². The lowest BCUT2D eigenvalue weighted by Gasteiger charge is -2.35. The quantitative estimate of drug-likeness (QED) is 0.729. The summed E-state index contributed by atoms with van der Waals surface area (Å²) in [7, 11) is 1.61. The van der Waals surface area contributed by atoms with Gasteiger partial charge in [0.2, 0.25) is 5.91 Å². The van der Waals surface area contributed by atoms with Gasteiger partial charge in [-0.1, -0.05) is 12.1 Å². The Morgan fingerprint density at radius 2 is 1.83 bits per heavy atom. The number of morpholine rings is 1. The molecule has 1 aromatic carbocycles. The van der Waals surface area contributed by atoms with Crippen molar-refractivity contribution in [2.45, 2.75) is 51.4 Å². The smallest absolute Gasteiger partial charge is 0.325 e. The molecule has 4 amide bonds. The number of nitrogens with zero attached hydrogens (tertiary/aromatic N) is 2. The van der Waals surface area contributed by atoms with Crippen LogP contribution in [0.5, 0.6) is 5.75 Å². The van der Waals surface area contributed by atoms with Crippen LogP contribution in [0.25, 0.3) is 0 Å². The highest BCUT2D eigenvalue weighted by Crippen LogP contribution is 2.24. The molecule has 0 radical (unpaired) electrons. The van der Waals surface area contributed by atoms with Crippen molar-refractivity contribution in [1.82, 2.24) is 15.1 Å². The van der Waals surface area contributed by atoms with Crippen LogP contribution in [0, 0.1) is 0 Å². The Kier molecular flexibility index (Phi) is 6.12. The fraction of sp³-hybridized carbons (Fsp3) is 0.571. The average molecular weight is 403 g/mol. The van der Waals surface area contributed by atoms with Gasteiger partial charge in [-0.15, -0.1) is 0 Å². The van der Waals surface area contributed by atoms with Gasteiger partial charge in [0.05, 0.1) is 19.3 Å². The third kappa shape index (κ3) is 4.70. The molecule has 2 fully saturated rings. The lowest BCUT2D eigenvalue weighted by molar-refractivity contribution is -0.146. The van der Waals surface area contributed by atoms with Gasteiger partial charge in [-0.25, -0.2) is 4.79 Å². The van der Waals surface area contributed by atoms with Crippen molar-refractivity contribution in [3.63, 3.8) is 0 Å². The Balaban J connectivity index is 1.61. The Labute approximate surface area is 171 Å². The van der Waals surface area contributed by atoms with E-state index in [0.717, 1.165) is 16.2 Å². The van der Waals surface area contributed by atoms with E-state index in [0.29, 0.717) is 25.9 Å². The van der Waals surface area contributed by atoms with Gasteiger partial charge in [-0.3, -0.25) is 14.5 Å². The first-order valence-electron chi connectivity index (χ1n) is 9.92. The minimum Gasteiger partial charge on any atom is -0.497 e. The maximum Gasteiger partial charge on any atom is 0.325 e. The third-order valence-corrected chi connectivity index (χ3v) is 5.48. The van der Waals surface area contributed by atoms with Crippen molar-refractivity contribution < 1.29 is 23.9 Å². The summed E-state index contributed by atoms with van der Waals surface area (Å²) in [5.41, 5.74) is 0.0166. The van der Waals surface area contributed by atoms with Gasteiger partial charge in [-0.05, 0) is 51.3 Å². The number of urea groups is 1. The molecule has 2 aliphatic rings. The Morgan fingerprint density at radius 3 is 2.41 bits per heavy atom. The summed E-state index contributed by atoms with van der Waals surface area (Å²) in [4.78, 5) is 40.7. The Hall–Kier alpha value is -2.61. The number of rotatable bonds is 6. The molecule has 8 nitrogen and oxygen atoms in total. The molecule has 2 saturated heterocycles. The zero-order valence-electron chi connectivity index (χ0n) is 17.4. The molecule has 158 valence electrons. The number of carbonyl (C=O) groups excluding carboxylic acids is 3. The van der Waals surface area contributed by atoms with Crippen LogP contribution in [0.15, 0.2) is 24.3 Å². The van der Waals surface area contributed by atoms with Crippen molar-refractivity contribution in [1.29, 1.82) is 0 Å². The molecule has 1 aromatic rings. The van der Waals surface area contributed by atoms with Crippen LogP contribution in [0.1, 0.15) is 32.8 Å². The number of amides is 4. The highest BCUT2D eigenvalue weighted by atomic mass is 16.5. The number of ether oxygens (including phenoxy) is 2. The molecular formula is C21H29N3O5. The van der Waals surface area contributed by atoms with Crippen LogP contribution in [-0.2, 0) is 20.7 Å². The number of aryl methyl sites for hydroxylation is 1. The maximum atomic E-state index is 12.9. The van der Waals surface area contributed by atoms with Crippen LogP contribution in [0.2, 0.25) is 0 Å². The second-order valence-corrected chi connectivity index (χ2v) is 8.06. The summed E-state index contributed by atoms with van der Waals surface area (Å²) in [6.45, 7) is 6.19. The topological polar surface area (TPSA) is 88.2 Å². The molecule has 0 aliphatic carbocycles. The summed E-state index contributed by atoms with van der Waals surface area (Å²) >= 11 is 0. The van der Waals surface area contributed by atoms with E-state index in [2.05, 4.69) is 5.32 Å². The van der Waals surface area contributed by atoms with Crippen LogP contribution in [0.3, 0.4) is 0 Å². The molecule has 0 bridgehead atoms. The van der Waals surface area contributed by atoms with Crippen molar-refractivity contribution in [3.05, 3.63) is 29.8 Å². The van der Waals surface area contributed by atoms with E-state index < -0.39 is 11.6 Å². The number of benzene rings is 1. The third-order valence-electron chi connectivity index (χ3n) is 5.48. The van der Waals surface area contributed by atoms with Gasteiger partial charge in [0.15, 0.2) is 0 Å². The molecule has 2 heterocycles. The molecule has 29 heavy (non-hydrogen) atoms. The van der Waals surface area contributed by atoms with Gasteiger partial charge < -0.3 is 19.7 Å². The second-order valence-electron chi connectivity index (χ2n) is 8.06. The number of nitrogens with one attached hydrogen (secondary N) is 1. The first-order chi connectivity index (χ1) is 13.7. The van der Waals surface area contributed by atoms with E-state index in [1.165, 1.54) is 0 Å². The van der Waals surface area contributed by atoms with E-state index in [1.54, 1.807) is 18.9 Å². The Morgan fingerprint density at radius 1 is 1.21 bits per heavy atom. The molecular weight excluding hydrogens is 374 g/mol. The average Bonchev–Trinajstić information content (AvgIpc) is 2.89. The summed E-state index contributed by atoms with van der Waals surface area (Å²) in [6.07, 6.45) is 0.925. The SMILES string of the molecule is COc1ccc(CC[C@@]2(C)NC(=O)N(CC(=O)N3C[C@@H](C)O[C@@H](C)C3)C2=O)cc1. The largest absolute Gasteiger partial charge is 0.497 e. The lowest BCUT2D eigenvalue weighted by Crippen LogP contribution is -2.52. The molecule has 3 rings (SSSR count). The number of hydrogen-bond acceptors (Lipinski definition) is 5. The first kappa shape index (κ1) is 21.1. The highest BCUT2D eigenvalue weighted by molar-refractivity contribution is 6.08. The second kappa shape index (κ2) is 8.41. The molecule has 0 unspecified atom stereocenters. The molecule has 0 saturated carbocycles. The van der Waals surface area contributed by atoms with Crippen molar-refractivity contribution in [3.8, 4) is 5.75 Å². The van der Waals surface area contributed by atoms with Crippen LogP contribution >= 0.6 is 0 Å². The van der Waals surface area contributed by atoms with Crippen molar-refractivity contribution in [2.24, 2.45) is 0 Å². The predicted molar refractivity (Wildman–Crippen MR) is 107 cm³/mol. The highest BCUT2D eigenvalue weighted by Gasteiger charge is 2.48. The number of hydrogen-bond donors (Lipinski definition) is 1. The van der Waals surface area contributed by atoms with Crippen LogP contribution < -0.4 is 10.1 Å². The molecule has 8 heteroatoms. The first-order valence-corrected chi connectivity index (χ1v) is 9.92. The molecule has 0 aromatic heterocycles. The van der Waals surface area contributed by atoms with Gasteiger partial charge in [-0.2, -0.15) is 0 Å². The zero-order chi connectivity index (χ0) is 21.2. The number of methoxy groups -OCH3 is 1. The van der Waals surface area contributed by atoms with Gasteiger partial charge in [0.1, 0.15) is 17.8 Å². The number of carbonyl (C=O) groups is 3. The van der Waals surface area contributed by atoms with E-state index in [1.807, 2.05) is 38.1 Å². The normalized spacial score (nSPS) is 27.2. The van der Waals surface area contributed by atoms with E-state index in [4.69, 9.17) is 9.47 Å². The minimum absolute atomic E-state index is 0.0689. The summed E-state index contributed by atoms with van der Waals surface area (Å²) in [5, 5.41) is 2.77. The molecule has 0 spiro atoms. The van der Waals surface area contributed by atoms with Crippen LogP contribution in [-0.4, -0.2) is 72.1 Å².